The van der Waals surface area contributed by atoms with Crippen LogP contribution in [-0.4, -0.2) is 50.5 Å². The fourth-order valence-electron chi connectivity index (χ4n) is 3.52. The van der Waals surface area contributed by atoms with Gasteiger partial charge in [-0.05, 0) is 56.5 Å². The van der Waals surface area contributed by atoms with Crippen LogP contribution in [0, 0.1) is 12.7 Å². The van der Waals surface area contributed by atoms with Crippen molar-refractivity contribution in [1.82, 2.24) is 10.2 Å². The van der Waals surface area contributed by atoms with Crippen LogP contribution >= 0.6 is 0 Å². The van der Waals surface area contributed by atoms with Gasteiger partial charge in [-0.3, -0.25) is 13.9 Å². The Hall–Kier alpha value is -2.94. The molecule has 0 bridgehead atoms. The number of amides is 2. The molecule has 0 aliphatic rings. The molecule has 33 heavy (non-hydrogen) atoms. The predicted molar refractivity (Wildman–Crippen MR) is 128 cm³/mol. The lowest BCUT2D eigenvalue weighted by Gasteiger charge is -2.29. The van der Waals surface area contributed by atoms with E-state index in [2.05, 4.69) is 5.32 Å². The second-order valence-electron chi connectivity index (χ2n) is 7.94. The highest BCUT2D eigenvalue weighted by atomic mass is 32.2. The van der Waals surface area contributed by atoms with Crippen molar-refractivity contribution in [1.29, 1.82) is 0 Å². The summed E-state index contributed by atoms with van der Waals surface area (Å²) in [4.78, 5) is 27.0. The third kappa shape index (κ3) is 7.56. The topological polar surface area (TPSA) is 86.8 Å². The van der Waals surface area contributed by atoms with Crippen molar-refractivity contribution < 1.29 is 22.4 Å². The van der Waals surface area contributed by atoms with Gasteiger partial charge in [-0.1, -0.05) is 30.3 Å². The summed E-state index contributed by atoms with van der Waals surface area (Å²) in [5.41, 5.74) is 2.09. The lowest BCUT2D eigenvalue weighted by molar-refractivity contribution is -0.140. The van der Waals surface area contributed by atoms with E-state index in [-0.39, 0.29) is 43.6 Å². The molecule has 2 rings (SSSR count). The molecule has 2 amide bonds. The smallest absolute Gasteiger partial charge is 0.242 e. The summed E-state index contributed by atoms with van der Waals surface area (Å²) >= 11 is 0. The van der Waals surface area contributed by atoms with Crippen LogP contribution in [-0.2, 0) is 26.2 Å². The van der Waals surface area contributed by atoms with Gasteiger partial charge in [0.2, 0.25) is 21.8 Å². The number of para-hydroxylation sites is 1. The Morgan fingerprint density at radius 2 is 1.73 bits per heavy atom. The Morgan fingerprint density at radius 3 is 2.30 bits per heavy atom. The average Bonchev–Trinajstić information content (AvgIpc) is 2.76. The SMILES string of the molecule is CCNC(=O)[C@H](C)N(Cc1ccc(F)cc1)C(=O)CCCN(c1ccccc1C)S(C)(=O)=O. The Balaban J connectivity index is 2.15. The fourth-order valence-corrected chi connectivity index (χ4v) is 4.54. The minimum absolute atomic E-state index is 0.0584. The number of anilines is 1. The van der Waals surface area contributed by atoms with Crippen LogP contribution in [0.25, 0.3) is 0 Å². The lowest BCUT2D eigenvalue weighted by atomic mass is 10.1. The number of halogens is 1. The molecule has 0 aliphatic carbocycles. The number of sulfonamides is 1. The van der Waals surface area contributed by atoms with Gasteiger partial charge in [0, 0.05) is 26.1 Å². The average molecular weight is 478 g/mol. The van der Waals surface area contributed by atoms with E-state index in [9.17, 15) is 22.4 Å². The zero-order valence-electron chi connectivity index (χ0n) is 19.5. The van der Waals surface area contributed by atoms with Gasteiger partial charge in [0.1, 0.15) is 11.9 Å². The van der Waals surface area contributed by atoms with Crippen molar-refractivity contribution in [3.05, 3.63) is 65.5 Å². The highest BCUT2D eigenvalue weighted by molar-refractivity contribution is 7.92. The van der Waals surface area contributed by atoms with Gasteiger partial charge in [-0.2, -0.15) is 0 Å². The van der Waals surface area contributed by atoms with E-state index in [4.69, 9.17) is 0 Å². The van der Waals surface area contributed by atoms with Gasteiger partial charge >= 0.3 is 0 Å². The largest absolute Gasteiger partial charge is 0.355 e. The van der Waals surface area contributed by atoms with E-state index in [1.165, 1.54) is 21.3 Å². The van der Waals surface area contributed by atoms with Gasteiger partial charge in [0.05, 0.1) is 11.9 Å². The molecule has 7 nitrogen and oxygen atoms in total. The highest BCUT2D eigenvalue weighted by Crippen LogP contribution is 2.23. The molecule has 1 atom stereocenters. The van der Waals surface area contributed by atoms with Crippen molar-refractivity contribution >= 4 is 27.5 Å². The number of hydrogen-bond acceptors (Lipinski definition) is 4. The van der Waals surface area contributed by atoms with E-state index in [1.807, 2.05) is 19.1 Å². The van der Waals surface area contributed by atoms with Crippen molar-refractivity contribution in [3.63, 3.8) is 0 Å². The molecule has 0 fully saturated rings. The summed E-state index contributed by atoms with van der Waals surface area (Å²) in [6.45, 7) is 5.98. The first-order valence-corrected chi connectivity index (χ1v) is 12.7. The molecule has 0 aromatic heterocycles. The minimum atomic E-state index is -3.54. The lowest BCUT2D eigenvalue weighted by Crippen LogP contribution is -2.47. The molecule has 9 heteroatoms. The Labute approximate surface area is 195 Å². The van der Waals surface area contributed by atoms with E-state index in [0.717, 1.165) is 11.8 Å². The summed E-state index contributed by atoms with van der Waals surface area (Å²) in [6.07, 6.45) is 1.48. The normalized spacial score (nSPS) is 12.2. The molecule has 2 aromatic rings. The number of aryl methyl sites for hydroxylation is 1. The standard InChI is InChI=1S/C24H32FN3O4S/c1-5-26-24(30)19(3)27(17-20-12-14-21(25)15-13-20)23(29)11-8-16-28(33(4,31)32)22-10-7-6-9-18(22)2/h6-7,9-10,12-15,19H,5,8,11,16-17H2,1-4H3,(H,26,30)/t19-/m0/s1. The minimum Gasteiger partial charge on any atom is -0.355 e. The van der Waals surface area contributed by atoms with Crippen LogP contribution in [0.4, 0.5) is 10.1 Å². The molecule has 2 aromatic carbocycles. The fraction of sp³-hybridized carbons (Fsp3) is 0.417. The van der Waals surface area contributed by atoms with Gasteiger partial charge in [-0.15, -0.1) is 0 Å². The number of nitrogens with zero attached hydrogens (tertiary/aromatic N) is 2. The highest BCUT2D eigenvalue weighted by Gasteiger charge is 2.26. The Morgan fingerprint density at radius 1 is 1.09 bits per heavy atom. The molecule has 0 heterocycles. The van der Waals surface area contributed by atoms with Gasteiger partial charge in [0.25, 0.3) is 0 Å². The second-order valence-corrected chi connectivity index (χ2v) is 9.85. The number of carbonyl (C=O) groups is 2. The number of carbonyl (C=O) groups excluding carboxylic acids is 2. The molecule has 0 radical (unpaired) electrons. The van der Waals surface area contributed by atoms with Crippen LogP contribution in [0.1, 0.15) is 37.8 Å². The van der Waals surface area contributed by atoms with Crippen molar-refractivity contribution in [2.75, 3.05) is 23.7 Å². The third-order valence-electron chi connectivity index (χ3n) is 5.32. The Kier molecular flexibility index (Phi) is 9.40. The van der Waals surface area contributed by atoms with Crippen LogP contribution < -0.4 is 9.62 Å². The molecule has 180 valence electrons. The van der Waals surface area contributed by atoms with Crippen LogP contribution in [0.5, 0.6) is 0 Å². The zero-order chi connectivity index (χ0) is 24.6. The van der Waals surface area contributed by atoms with Crippen LogP contribution in [0.15, 0.2) is 48.5 Å². The van der Waals surface area contributed by atoms with Crippen LogP contribution in [0.2, 0.25) is 0 Å². The third-order valence-corrected chi connectivity index (χ3v) is 6.50. The van der Waals surface area contributed by atoms with Crippen molar-refractivity contribution in [2.45, 2.75) is 46.2 Å². The van der Waals surface area contributed by atoms with Crippen molar-refractivity contribution in [3.8, 4) is 0 Å². The number of nitrogens with one attached hydrogen (secondary N) is 1. The monoisotopic (exact) mass is 477 g/mol. The number of hydrogen-bond donors (Lipinski definition) is 1. The summed E-state index contributed by atoms with van der Waals surface area (Å²) in [5, 5.41) is 2.72. The van der Waals surface area contributed by atoms with Gasteiger partial charge in [-0.25, -0.2) is 12.8 Å². The van der Waals surface area contributed by atoms with E-state index in [1.54, 1.807) is 38.1 Å². The van der Waals surface area contributed by atoms with Crippen molar-refractivity contribution in [2.24, 2.45) is 0 Å². The summed E-state index contributed by atoms with van der Waals surface area (Å²) in [5.74, 6) is -0.951. The molecule has 0 unspecified atom stereocenters. The summed E-state index contributed by atoms with van der Waals surface area (Å²) in [6, 6.07) is 12.2. The Bertz CT molecular complexity index is 1060. The molecule has 0 spiro atoms. The van der Waals surface area contributed by atoms with E-state index >= 15 is 0 Å². The summed E-state index contributed by atoms with van der Waals surface area (Å²) < 4.78 is 39.3. The quantitative estimate of drug-likeness (QED) is 0.538. The molecule has 1 N–H and O–H groups in total. The summed E-state index contributed by atoms with van der Waals surface area (Å²) in [7, 11) is -3.54. The first kappa shape index (κ1) is 26.3. The van der Waals surface area contributed by atoms with E-state index in [0.29, 0.717) is 17.8 Å². The molecule has 0 saturated carbocycles. The maximum absolute atomic E-state index is 13.3. The van der Waals surface area contributed by atoms with E-state index < -0.39 is 16.1 Å². The first-order chi connectivity index (χ1) is 15.5. The number of likely N-dealkylation sites (N-methyl/N-ethyl adjacent to an activating group) is 1. The maximum atomic E-state index is 13.3. The second kappa shape index (κ2) is 11.8. The molecular formula is C24H32FN3O4S. The number of benzene rings is 2. The predicted octanol–water partition coefficient (Wildman–Crippen LogP) is 3.23. The number of rotatable bonds is 11. The van der Waals surface area contributed by atoms with Gasteiger partial charge < -0.3 is 10.2 Å². The molecule has 0 aliphatic heterocycles. The maximum Gasteiger partial charge on any atom is 0.242 e. The van der Waals surface area contributed by atoms with Gasteiger partial charge in [0.15, 0.2) is 0 Å². The molecular weight excluding hydrogens is 445 g/mol. The van der Waals surface area contributed by atoms with Crippen LogP contribution in [0.3, 0.4) is 0 Å². The first-order valence-electron chi connectivity index (χ1n) is 10.9. The zero-order valence-corrected chi connectivity index (χ0v) is 20.4. The molecule has 0 saturated heterocycles.